The molecule has 10 unspecified atom stereocenters. The molecule has 0 bridgehead atoms. The fourth-order valence-corrected chi connectivity index (χ4v) is 7.56. The van der Waals surface area contributed by atoms with Crippen LogP contribution in [0.2, 0.25) is 0 Å². The molecule has 0 spiro atoms. The highest BCUT2D eigenvalue weighted by molar-refractivity contribution is 7.92. The van der Waals surface area contributed by atoms with Gasteiger partial charge in [-0.2, -0.15) is 0 Å². The molecule has 2 fully saturated rings. The maximum atomic E-state index is 13.3. The predicted molar refractivity (Wildman–Crippen MR) is 90.4 cm³/mol. The van der Waals surface area contributed by atoms with Crippen molar-refractivity contribution in [2.24, 2.45) is 35.1 Å². The third kappa shape index (κ3) is 3.18. The topological polar surface area (TPSA) is 127 Å². The van der Waals surface area contributed by atoms with Crippen LogP contribution in [0.1, 0.15) is 40.5 Å². The normalized spacial score (nSPS) is 52.3. The highest BCUT2D eigenvalue weighted by Crippen LogP contribution is 2.40. The van der Waals surface area contributed by atoms with Crippen molar-refractivity contribution in [2.45, 2.75) is 75.3 Å². The summed E-state index contributed by atoms with van der Waals surface area (Å²) >= 11 is 0. The summed E-state index contributed by atoms with van der Waals surface area (Å²) in [5, 5.41) is 19.1. The lowest BCUT2D eigenvalue weighted by molar-refractivity contribution is 0.0322. The van der Waals surface area contributed by atoms with E-state index in [-0.39, 0.29) is 23.7 Å². The second kappa shape index (κ2) is 6.59. The van der Waals surface area contributed by atoms with Crippen molar-refractivity contribution in [3.63, 3.8) is 0 Å². The lowest BCUT2D eigenvalue weighted by atomic mass is 9.77. The van der Waals surface area contributed by atoms with Crippen molar-refractivity contribution in [3.05, 3.63) is 0 Å². The van der Waals surface area contributed by atoms with Crippen LogP contribution in [0.25, 0.3) is 0 Å². The number of rotatable bonds is 2. The molecular formula is C16H32N2O4S. The molecule has 10 atom stereocenters. The zero-order chi connectivity index (χ0) is 17.7. The molecule has 0 saturated heterocycles. The Hall–Kier alpha value is -0.210. The molecule has 0 amide bonds. The summed E-state index contributed by atoms with van der Waals surface area (Å²) in [7, 11) is -3.44. The van der Waals surface area contributed by atoms with Gasteiger partial charge in [0, 0.05) is 12.1 Å². The lowest BCUT2D eigenvalue weighted by Gasteiger charge is -2.46. The van der Waals surface area contributed by atoms with Crippen LogP contribution >= 0.6 is 0 Å². The van der Waals surface area contributed by atoms with E-state index in [1.165, 1.54) is 0 Å². The SMILES string of the molecule is CC1CC(S(=O)(=O)C2CC(C)C(O)C(N)C2C)C(C)C(N)C1O. The fourth-order valence-electron chi connectivity index (χ4n) is 4.41. The third-order valence-corrected chi connectivity index (χ3v) is 9.33. The first-order valence-corrected chi connectivity index (χ1v) is 10.2. The average Bonchev–Trinajstić information content (AvgIpc) is 2.49. The Balaban J connectivity index is 2.30. The number of nitrogens with two attached hydrogens (primary N) is 2. The maximum Gasteiger partial charge on any atom is 0.156 e. The number of aliphatic hydroxyl groups excluding tert-OH is 2. The van der Waals surface area contributed by atoms with E-state index in [1.807, 2.05) is 27.7 Å². The Labute approximate surface area is 139 Å². The molecule has 6 N–H and O–H groups in total. The molecule has 0 aromatic heterocycles. The van der Waals surface area contributed by atoms with E-state index in [1.54, 1.807) is 0 Å². The van der Waals surface area contributed by atoms with Crippen LogP contribution in [0.5, 0.6) is 0 Å². The van der Waals surface area contributed by atoms with E-state index in [9.17, 15) is 18.6 Å². The Morgan fingerprint density at radius 1 is 0.783 bits per heavy atom. The van der Waals surface area contributed by atoms with Gasteiger partial charge in [0.15, 0.2) is 9.84 Å². The zero-order valence-electron chi connectivity index (χ0n) is 14.5. The summed E-state index contributed by atoms with van der Waals surface area (Å²) in [5.74, 6) is -0.873. The first kappa shape index (κ1) is 19.1. The quantitative estimate of drug-likeness (QED) is 0.550. The summed E-state index contributed by atoms with van der Waals surface area (Å²) in [6, 6.07) is -1.07. The first-order chi connectivity index (χ1) is 10.5. The molecule has 0 aliphatic heterocycles. The van der Waals surface area contributed by atoms with Crippen molar-refractivity contribution < 1.29 is 18.6 Å². The molecule has 2 aliphatic carbocycles. The minimum atomic E-state index is -3.44. The molecule has 23 heavy (non-hydrogen) atoms. The fraction of sp³-hybridized carbons (Fsp3) is 1.00. The van der Waals surface area contributed by atoms with E-state index in [0.717, 1.165) is 0 Å². The molecule has 2 saturated carbocycles. The highest BCUT2D eigenvalue weighted by Gasteiger charge is 2.51. The Bertz CT molecular complexity index is 486. The van der Waals surface area contributed by atoms with Gasteiger partial charge < -0.3 is 21.7 Å². The minimum Gasteiger partial charge on any atom is -0.391 e. The van der Waals surface area contributed by atoms with Crippen LogP contribution in [-0.2, 0) is 9.84 Å². The summed E-state index contributed by atoms with van der Waals surface area (Å²) in [5.41, 5.74) is 12.1. The molecule has 0 heterocycles. The molecule has 0 aromatic rings. The Morgan fingerprint density at radius 2 is 1.09 bits per heavy atom. The van der Waals surface area contributed by atoms with E-state index in [4.69, 9.17) is 11.5 Å². The summed E-state index contributed by atoms with van der Waals surface area (Å²) < 4.78 is 26.6. The van der Waals surface area contributed by atoms with Gasteiger partial charge in [0.1, 0.15) is 0 Å². The van der Waals surface area contributed by atoms with Gasteiger partial charge in [-0.3, -0.25) is 0 Å². The van der Waals surface area contributed by atoms with Crippen molar-refractivity contribution in [3.8, 4) is 0 Å². The predicted octanol–water partition coefficient (Wildman–Crippen LogP) is -0.133. The van der Waals surface area contributed by atoms with Crippen LogP contribution in [-0.4, -0.2) is 53.4 Å². The van der Waals surface area contributed by atoms with E-state index in [0.29, 0.717) is 12.8 Å². The van der Waals surface area contributed by atoms with E-state index in [2.05, 4.69) is 0 Å². The van der Waals surface area contributed by atoms with E-state index >= 15 is 0 Å². The smallest absolute Gasteiger partial charge is 0.156 e. The second-order valence-electron chi connectivity index (χ2n) is 7.95. The zero-order valence-corrected chi connectivity index (χ0v) is 15.3. The number of hydrogen-bond donors (Lipinski definition) is 4. The standard InChI is InChI=1S/C16H32N2O4S/c1-7-5-11(9(3)13(17)15(7)19)23(21,22)12-6-8(2)16(20)14(18)10(12)4/h7-16,19-20H,5-6,17-18H2,1-4H3. The van der Waals surface area contributed by atoms with Gasteiger partial charge in [-0.1, -0.05) is 27.7 Å². The number of sulfone groups is 1. The highest BCUT2D eigenvalue weighted by atomic mass is 32.2. The van der Waals surface area contributed by atoms with Gasteiger partial charge in [0.25, 0.3) is 0 Å². The van der Waals surface area contributed by atoms with Gasteiger partial charge in [-0.05, 0) is 36.5 Å². The van der Waals surface area contributed by atoms with Crippen LogP contribution in [0.3, 0.4) is 0 Å². The first-order valence-electron chi connectivity index (χ1n) is 8.60. The summed E-state index contributed by atoms with van der Waals surface area (Å²) in [6.45, 7) is 7.32. The van der Waals surface area contributed by atoms with Crippen molar-refractivity contribution >= 4 is 9.84 Å². The number of hydrogen-bond acceptors (Lipinski definition) is 6. The molecular weight excluding hydrogens is 316 g/mol. The second-order valence-corrected chi connectivity index (χ2v) is 10.3. The van der Waals surface area contributed by atoms with Crippen molar-refractivity contribution in [1.29, 1.82) is 0 Å². The molecule has 0 aromatic carbocycles. The third-order valence-electron chi connectivity index (χ3n) is 6.39. The van der Waals surface area contributed by atoms with Crippen LogP contribution in [0.4, 0.5) is 0 Å². The number of aliphatic hydroxyl groups is 2. The van der Waals surface area contributed by atoms with Crippen molar-refractivity contribution in [2.75, 3.05) is 0 Å². The van der Waals surface area contributed by atoms with Gasteiger partial charge >= 0.3 is 0 Å². The monoisotopic (exact) mass is 348 g/mol. The molecule has 136 valence electrons. The Morgan fingerprint density at radius 3 is 1.39 bits per heavy atom. The van der Waals surface area contributed by atoms with Gasteiger partial charge in [0.2, 0.25) is 0 Å². The van der Waals surface area contributed by atoms with Gasteiger partial charge in [-0.25, -0.2) is 8.42 Å². The largest absolute Gasteiger partial charge is 0.391 e. The van der Waals surface area contributed by atoms with Crippen molar-refractivity contribution in [1.82, 2.24) is 0 Å². The summed E-state index contributed by atoms with van der Waals surface area (Å²) in [4.78, 5) is 0. The van der Waals surface area contributed by atoms with Gasteiger partial charge in [0.05, 0.1) is 22.7 Å². The Kier molecular flexibility index (Phi) is 5.48. The van der Waals surface area contributed by atoms with Gasteiger partial charge in [-0.15, -0.1) is 0 Å². The molecule has 2 rings (SSSR count). The van der Waals surface area contributed by atoms with Crippen LogP contribution in [0.15, 0.2) is 0 Å². The molecule has 6 nitrogen and oxygen atoms in total. The maximum absolute atomic E-state index is 13.3. The van der Waals surface area contributed by atoms with Crippen LogP contribution in [0, 0.1) is 23.7 Å². The lowest BCUT2D eigenvalue weighted by Crippen LogP contribution is -2.60. The molecule has 7 heteroatoms. The molecule has 0 radical (unpaired) electrons. The molecule has 2 aliphatic rings. The minimum absolute atomic E-state index is 0.142. The van der Waals surface area contributed by atoms with Crippen LogP contribution < -0.4 is 11.5 Å². The van der Waals surface area contributed by atoms with E-state index < -0.39 is 44.6 Å². The average molecular weight is 349 g/mol. The summed E-state index contributed by atoms with van der Waals surface area (Å²) in [6.07, 6.45) is -0.479.